The van der Waals surface area contributed by atoms with E-state index in [1.165, 1.54) is 6.07 Å². The maximum absolute atomic E-state index is 13.5. The second-order valence-electron chi connectivity index (χ2n) is 5.09. The van der Waals surface area contributed by atoms with Gasteiger partial charge in [-0.3, -0.25) is 4.90 Å². The Balaban J connectivity index is 1.85. The number of halogens is 2. The minimum atomic E-state index is -0.579. The van der Waals surface area contributed by atoms with E-state index < -0.39 is 5.82 Å². The average Bonchev–Trinajstić information content (AvgIpc) is 2.47. The van der Waals surface area contributed by atoms with Crippen LogP contribution in [0, 0.1) is 12.4 Å². The standard InChI is InChI=1S/C14H15ClFN3O/c1-17-14-11(16)3-2-10(13(14)15)12-7-19-5-4-18-6-9(19)8-20-12/h2-3,9,12,18H,4-8H2/t9?,12-/m1/s1. The predicted molar refractivity (Wildman–Crippen MR) is 74.6 cm³/mol. The Kier molecular flexibility index (Phi) is 3.90. The van der Waals surface area contributed by atoms with E-state index in [9.17, 15) is 4.39 Å². The topological polar surface area (TPSA) is 28.9 Å². The third-order valence-corrected chi connectivity index (χ3v) is 4.31. The van der Waals surface area contributed by atoms with Crippen LogP contribution in [-0.4, -0.2) is 43.7 Å². The first kappa shape index (κ1) is 13.8. The van der Waals surface area contributed by atoms with Gasteiger partial charge in [-0.25, -0.2) is 9.24 Å². The Labute approximate surface area is 122 Å². The highest BCUT2D eigenvalue weighted by Crippen LogP contribution is 2.37. The van der Waals surface area contributed by atoms with Crippen LogP contribution in [0.25, 0.3) is 4.85 Å². The van der Waals surface area contributed by atoms with E-state index in [-0.39, 0.29) is 16.8 Å². The van der Waals surface area contributed by atoms with Gasteiger partial charge in [-0.05, 0) is 11.6 Å². The summed E-state index contributed by atoms with van der Waals surface area (Å²) in [6.45, 7) is 11.2. The molecule has 1 unspecified atom stereocenters. The van der Waals surface area contributed by atoms with Crippen LogP contribution in [0.1, 0.15) is 11.7 Å². The summed E-state index contributed by atoms with van der Waals surface area (Å²) in [6.07, 6.45) is -0.196. The van der Waals surface area contributed by atoms with Crippen molar-refractivity contribution < 1.29 is 9.13 Å². The Morgan fingerprint density at radius 2 is 2.35 bits per heavy atom. The van der Waals surface area contributed by atoms with Crippen molar-refractivity contribution in [1.82, 2.24) is 10.2 Å². The van der Waals surface area contributed by atoms with Gasteiger partial charge in [0, 0.05) is 32.2 Å². The Bertz CT molecular complexity index is 560. The summed E-state index contributed by atoms with van der Waals surface area (Å²) in [6, 6.07) is 3.31. The number of hydrogen-bond donors (Lipinski definition) is 1. The van der Waals surface area contributed by atoms with Crippen LogP contribution in [0.3, 0.4) is 0 Å². The Morgan fingerprint density at radius 1 is 1.50 bits per heavy atom. The number of benzene rings is 1. The van der Waals surface area contributed by atoms with Gasteiger partial charge in [0.1, 0.15) is 5.82 Å². The van der Waals surface area contributed by atoms with Crippen molar-refractivity contribution in [2.24, 2.45) is 0 Å². The number of piperazine rings is 1. The van der Waals surface area contributed by atoms with Crippen LogP contribution >= 0.6 is 11.6 Å². The maximum Gasteiger partial charge on any atom is 0.240 e. The molecule has 2 fully saturated rings. The molecule has 20 heavy (non-hydrogen) atoms. The summed E-state index contributed by atoms with van der Waals surface area (Å²) in [5, 5.41) is 3.52. The third kappa shape index (κ3) is 2.40. The zero-order valence-corrected chi connectivity index (χ0v) is 11.7. The van der Waals surface area contributed by atoms with E-state index in [2.05, 4.69) is 15.1 Å². The van der Waals surface area contributed by atoms with E-state index >= 15 is 0 Å². The van der Waals surface area contributed by atoms with Crippen molar-refractivity contribution in [3.63, 3.8) is 0 Å². The summed E-state index contributed by atoms with van der Waals surface area (Å²) in [5.41, 5.74) is 0.589. The molecule has 2 atom stereocenters. The zero-order chi connectivity index (χ0) is 14.1. The van der Waals surface area contributed by atoms with Crippen molar-refractivity contribution in [3.05, 3.63) is 40.0 Å². The molecular formula is C14H15ClFN3O. The van der Waals surface area contributed by atoms with Gasteiger partial charge in [0.15, 0.2) is 0 Å². The summed E-state index contributed by atoms with van der Waals surface area (Å²) in [7, 11) is 0. The highest BCUT2D eigenvalue weighted by atomic mass is 35.5. The molecule has 0 aliphatic carbocycles. The molecule has 0 saturated carbocycles. The number of morpholine rings is 1. The highest BCUT2D eigenvalue weighted by molar-refractivity contribution is 6.34. The molecule has 0 amide bonds. The summed E-state index contributed by atoms with van der Waals surface area (Å²) >= 11 is 6.16. The lowest BCUT2D eigenvalue weighted by atomic mass is 10.0. The van der Waals surface area contributed by atoms with Crippen LogP contribution in [-0.2, 0) is 4.74 Å². The van der Waals surface area contributed by atoms with Crippen LogP contribution < -0.4 is 5.32 Å². The fraction of sp³-hybridized carbons (Fsp3) is 0.500. The monoisotopic (exact) mass is 295 g/mol. The summed E-state index contributed by atoms with van der Waals surface area (Å²) in [5.74, 6) is -0.579. The third-order valence-electron chi connectivity index (χ3n) is 3.92. The van der Waals surface area contributed by atoms with Crippen LogP contribution in [0.5, 0.6) is 0 Å². The van der Waals surface area contributed by atoms with Gasteiger partial charge < -0.3 is 10.1 Å². The minimum absolute atomic E-state index is 0.116. The fourth-order valence-corrected chi connectivity index (χ4v) is 3.11. The highest BCUT2D eigenvalue weighted by Gasteiger charge is 2.32. The molecule has 0 bridgehead atoms. The van der Waals surface area contributed by atoms with E-state index in [0.29, 0.717) is 18.2 Å². The Hall–Kier alpha value is -1.19. The summed E-state index contributed by atoms with van der Waals surface area (Å²) in [4.78, 5) is 5.53. The molecular weight excluding hydrogens is 281 g/mol. The molecule has 2 heterocycles. The number of ether oxygens (including phenoxy) is 1. The lowest BCUT2D eigenvalue weighted by Crippen LogP contribution is -2.57. The molecule has 3 rings (SSSR count). The smallest absolute Gasteiger partial charge is 0.240 e. The van der Waals surface area contributed by atoms with Gasteiger partial charge in [0.2, 0.25) is 5.69 Å². The number of fused-ring (bicyclic) bond motifs is 1. The number of nitrogens with one attached hydrogen (secondary N) is 1. The lowest BCUT2D eigenvalue weighted by Gasteiger charge is -2.43. The molecule has 6 heteroatoms. The first-order valence-electron chi connectivity index (χ1n) is 6.62. The van der Waals surface area contributed by atoms with Crippen LogP contribution in [0.15, 0.2) is 12.1 Å². The molecule has 4 nitrogen and oxygen atoms in total. The van der Waals surface area contributed by atoms with Gasteiger partial charge in [-0.15, -0.1) is 0 Å². The van der Waals surface area contributed by atoms with Crippen molar-refractivity contribution in [1.29, 1.82) is 0 Å². The van der Waals surface area contributed by atoms with Crippen molar-refractivity contribution in [3.8, 4) is 0 Å². The minimum Gasteiger partial charge on any atom is -0.371 e. The number of nitrogens with zero attached hydrogens (tertiary/aromatic N) is 2. The molecule has 0 spiro atoms. The second kappa shape index (κ2) is 5.66. The normalized spacial score (nSPS) is 26.9. The number of hydrogen-bond acceptors (Lipinski definition) is 3. The van der Waals surface area contributed by atoms with E-state index in [0.717, 1.165) is 26.2 Å². The van der Waals surface area contributed by atoms with Gasteiger partial charge >= 0.3 is 0 Å². The van der Waals surface area contributed by atoms with Gasteiger partial charge in [-0.2, -0.15) is 0 Å². The van der Waals surface area contributed by atoms with Crippen LogP contribution in [0.4, 0.5) is 10.1 Å². The predicted octanol–water partition coefficient (Wildman–Crippen LogP) is 2.37. The molecule has 106 valence electrons. The first-order valence-corrected chi connectivity index (χ1v) is 7.00. The molecule has 2 aliphatic heterocycles. The van der Waals surface area contributed by atoms with Crippen molar-refractivity contribution in [2.45, 2.75) is 12.1 Å². The van der Waals surface area contributed by atoms with Gasteiger partial charge in [0.05, 0.1) is 24.3 Å². The molecule has 2 aliphatic rings. The fourth-order valence-electron chi connectivity index (χ4n) is 2.80. The SMILES string of the molecule is [C-]#[N+]c1c(F)ccc([C@H]2CN3CCNCC3CO2)c1Cl. The summed E-state index contributed by atoms with van der Waals surface area (Å²) < 4.78 is 19.4. The van der Waals surface area contributed by atoms with Gasteiger partial charge in [-0.1, -0.05) is 17.7 Å². The number of rotatable bonds is 1. The molecule has 0 radical (unpaired) electrons. The molecule has 1 N–H and O–H groups in total. The van der Waals surface area contributed by atoms with Crippen molar-refractivity contribution in [2.75, 3.05) is 32.8 Å². The average molecular weight is 296 g/mol. The van der Waals surface area contributed by atoms with Crippen LogP contribution in [0.2, 0.25) is 5.02 Å². The second-order valence-corrected chi connectivity index (χ2v) is 5.46. The molecule has 1 aromatic rings. The van der Waals surface area contributed by atoms with E-state index in [4.69, 9.17) is 22.9 Å². The quantitative estimate of drug-likeness (QED) is 0.807. The molecule has 2 saturated heterocycles. The maximum atomic E-state index is 13.5. The zero-order valence-electron chi connectivity index (χ0n) is 10.9. The molecule has 0 aromatic heterocycles. The van der Waals surface area contributed by atoms with Gasteiger partial charge in [0.25, 0.3) is 0 Å². The lowest BCUT2D eigenvalue weighted by molar-refractivity contribution is -0.0717. The van der Waals surface area contributed by atoms with E-state index in [1.807, 2.05) is 0 Å². The van der Waals surface area contributed by atoms with E-state index in [1.54, 1.807) is 6.07 Å². The largest absolute Gasteiger partial charge is 0.371 e. The first-order chi connectivity index (χ1) is 9.70. The van der Waals surface area contributed by atoms with Crippen molar-refractivity contribution >= 4 is 17.3 Å². The Morgan fingerprint density at radius 3 is 3.15 bits per heavy atom. The molecule has 1 aromatic carbocycles.